The van der Waals surface area contributed by atoms with E-state index in [0.29, 0.717) is 0 Å². The summed E-state index contributed by atoms with van der Waals surface area (Å²) in [5.41, 5.74) is 0. The number of carbonyl (C=O) groups excluding carboxylic acids is 3. The van der Waals surface area contributed by atoms with Gasteiger partial charge in [0, 0.05) is 12.1 Å². The first-order valence-electron chi connectivity index (χ1n) is 7.71. The second kappa shape index (κ2) is 8.00. The van der Waals surface area contributed by atoms with Gasteiger partial charge in [0.05, 0.1) is 13.0 Å². The summed E-state index contributed by atoms with van der Waals surface area (Å²) in [6.45, 7) is 7.48. The molecule has 0 aromatic heterocycles. The number of ether oxygens (including phenoxy) is 1. The Hall–Kier alpha value is -1.79. The van der Waals surface area contributed by atoms with E-state index in [2.05, 4.69) is 20.7 Å². The van der Waals surface area contributed by atoms with E-state index in [1.54, 1.807) is 0 Å². The summed E-state index contributed by atoms with van der Waals surface area (Å²) in [5, 5.41) is 8.24. The lowest BCUT2D eigenvalue weighted by Gasteiger charge is -2.37. The van der Waals surface area contributed by atoms with E-state index in [4.69, 9.17) is 0 Å². The third-order valence-corrected chi connectivity index (χ3v) is 3.78. The number of alkyl carbamates (subject to hydrolysis) is 1. The summed E-state index contributed by atoms with van der Waals surface area (Å²) in [4.78, 5) is 35.6. The minimum absolute atomic E-state index is 0.0337. The smallest absolute Gasteiger partial charge is 0.407 e. The van der Waals surface area contributed by atoms with Crippen molar-refractivity contribution in [2.45, 2.75) is 58.7 Å². The van der Waals surface area contributed by atoms with Crippen molar-refractivity contribution in [2.24, 2.45) is 11.8 Å². The van der Waals surface area contributed by atoms with Crippen LogP contribution in [0.25, 0.3) is 0 Å². The predicted molar refractivity (Wildman–Crippen MR) is 82.1 cm³/mol. The third-order valence-electron chi connectivity index (χ3n) is 3.78. The van der Waals surface area contributed by atoms with Gasteiger partial charge in [0.2, 0.25) is 11.8 Å². The highest BCUT2D eigenvalue weighted by atomic mass is 16.5. The Morgan fingerprint density at radius 2 is 1.68 bits per heavy atom. The first-order chi connectivity index (χ1) is 10.3. The fourth-order valence-corrected chi connectivity index (χ4v) is 2.37. The number of hydrogen-bond acceptors (Lipinski definition) is 4. The molecule has 0 saturated heterocycles. The maximum Gasteiger partial charge on any atom is 0.407 e. The molecule has 1 rings (SSSR count). The van der Waals surface area contributed by atoms with Crippen LogP contribution in [0.5, 0.6) is 0 Å². The van der Waals surface area contributed by atoms with Crippen LogP contribution in [0.3, 0.4) is 0 Å². The van der Waals surface area contributed by atoms with Gasteiger partial charge >= 0.3 is 6.09 Å². The molecule has 126 valence electrons. The van der Waals surface area contributed by atoms with Crippen LogP contribution >= 0.6 is 0 Å². The van der Waals surface area contributed by atoms with Crippen molar-refractivity contribution in [1.29, 1.82) is 0 Å². The first-order valence-corrected chi connectivity index (χ1v) is 7.71. The Morgan fingerprint density at radius 1 is 1.05 bits per heavy atom. The number of nitrogens with one attached hydrogen (secondary N) is 3. The lowest BCUT2D eigenvalue weighted by Crippen LogP contribution is -2.58. The van der Waals surface area contributed by atoms with E-state index in [9.17, 15) is 14.4 Å². The van der Waals surface area contributed by atoms with Crippen LogP contribution in [0.15, 0.2) is 0 Å². The Bertz CT molecular complexity index is 423. The predicted octanol–water partition coefficient (Wildman–Crippen LogP) is 0.786. The Labute approximate surface area is 131 Å². The number of carbonyl (C=O) groups is 3. The zero-order chi connectivity index (χ0) is 16.9. The zero-order valence-corrected chi connectivity index (χ0v) is 13.9. The highest BCUT2D eigenvalue weighted by Crippen LogP contribution is 2.28. The highest BCUT2D eigenvalue weighted by molar-refractivity contribution is 5.87. The average Bonchev–Trinajstić information content (AvgIpc) is 2.38. The number of rotatable bonds is 6. The fourth-order valence-electron chi connectivity index (χ4n) is 2.37. The minimum atomic E-state index is -0.679. The van der Waals surface area contributed by atoms with E-state index in [-0.39, 0.29) is 35.7 Å². The van der Waals surface area contributed by atoms with Crippen LogP contribution in [-0.2, 0) is 14.3 Å². The highest BCUT2D eigenvalue weighted by Gasteiger charge is 2.39. The average molecular weight is 313 g/mol. The van der Waals surface area contributed by atoms with Crippen molar-refractivity contribution in [1.82, 2.24) is 16.0 Å². The maximum absolute atomic E-state index is 12.3. The van der Waals surface area contributed by atoms with Crippen molar-refractivity contribution in [2.75, 3.05) is 7.11 Å². The lowest BCUT2D eigenvalue weighted by molar-refractivity contribution is -0.132. The molecule has 0 aromatic rings. The second-order valence-corrected chi connectivity index (χ2v) is 6.32. The van der Waals surface area contributed by atoms with Crippen LogP contribution in [0.2, 0.25) is 0 Å². The zero-order valence-electron chi connectivity index (χ0n) is 13.9. The number of methoxy groups -OCH3 is 1. The Morgan fingerprint density at radius 3 is 2.09 bits per heavy atom. The normalized spacial score (nSPS) is 21.8. The van der Waals surface area contributed by atoms with Gasteiger partial charge in [-0.3, -0.25) is 9.59 Å². The number of amides is 3. The summed E-state index contributed by atoms with van der Waals surface area (Å²) in [6, 6.07) is -0.775. The molecule has 1 aliphatic rings. The monoisotopic (exact) mass is 313 g/mol. The Balaban J connectivity index is 2.58. The SMILES string of the molecule is COC(=O)N[C@H](C(=O)N[C@H]1CC[C@@H]1C(=O)NC(C)C)C(C)C. The van der Waals surface area contributed by atoms with Gasteiger partial charge in [0.1, 0.15) is 6.04 Å². The summed E-state index contributed by atoms with van der Waals surface area (Å²) >= 11 is 0. The van der Waals surface area contributed by atoms with Gasteiger partial charge in [-0.15, -0.1) is 0 Å². The maximum atomic E-state index is 12.3. The molecule has 0 aromatic carbocycles. The quantitative estimate of drug-likeness (QED) is 0.675. The van der Waals surface area contributed by atoms with Gasteiger partial charge in [-0.1, -0.05) is 13.8 Å². The molecule has 0 radical (unpaired) electrons. The van der Waals surface area contributed by atoms with Gasteiger partial charge in [-0.2, -0.15) is 0 Å². The summed E-state index contributed by atoms with van der Waals surface area (Å²) in [5.74, 6) is -0.597. The molecule has 3 amide bonds. The molecule has 0 unspecified atom stereocenters. The molecule has 22 heavy (non-hydrogen) atoms. The molecule has 0 bridgehead atoms. The van der Waals surface area contributed by atoms with Crippen LogP contribution in [0.4, 0.5) is 4.79 Å². The fraction of sp³-hybridized carbons (Fsp3) is 0.800. The molecule has 7 nitrogen and oxygen atoms in total. The van der Waals surface area contributed by atoms with E-state index in [1.165, 1.54) is 7.11 Å². The molecule has 1 aliphatic carbocycles. The second-order valence-electron chi connectivity index (χ2n) is 6.32. The molecule has 0 spiro atoms. The first kappa shape index (κ1) is 18.3. The van der Waals surface area contributed by atoms with Crippen molar-refractivity contribution in [3.05, 3.63) is 0 Å². The molecule has 0 aliphatic heterocycles. The van der Waals surface area contributed by atoms with Crippen molar-refractivity contribution in [3.8, 4) is 0 Å². The molecule has 3 N–H and O–H groups in total. The van der Waals surface area contributed by atoms with Gasteiger partial charge in [-0.05, 0) is 32.6 Å². The van der Waals surface area contributed by atoms with Gasteiger partial charge in [0.15, 0.2) is 0 Å². The van der Waals surface area contributed by atoms with Crippen molar-refractivity contribution in [3.63, 3.8) is 0 Å². The third kappa shape index (κ3) is 4.89. The number of hydrogen-bond donors (Lipinski definition) is 3. The summed E-state index contributed by atoms with van der Waals surface area (Å²) in [6.07, 6.45) is 0.891. The minimum Gasteiger partial charge on any atom is -0.453 e. The van der Waals surface area contributed by atoms with Gasteiger partial charge < -0.3 is 20.7 Å². The van der Waals surface area contributed by atoms with Gasteiger partial charge in [0.25, 0.3) is 0 Å². The van der Waals surface area contributed by atoms with Crippen LogP contribution < -0.4 is 16.0 Å². The molecule has 7 heteroatoms. The van der Waals surface area contributed by atoms with Crippen molar-refractivity contribution < 1.29 is 19.1 Å². The van der Waals surface area contributed by atoms with E-state index >= 15 is 0 Å². The van der Waals surface area contributed by atoms with Crippen LogP contribution in [0.1, 0.15) is 40.5 Å². The molecule has 1 fully saturated rings. The Kier molecular flexibility index (Phi) is 6.64. The molecule has 3 atom stereocenters. The molecule has 1 saturated carbocycles. The topological polar surface area (TPSA) is 96.5 Å². The molecule has 0 heterocycles. The van der Waals surface area contributed by atoms with Crippen LogP contribution in [0, 0.1) is 11.8 Å². The summed E-state index contributed by atoms with van der Waals surface area (Å²) in [7, 11) is 1.25. The molecular formula is C15H27N3O4. The van der Waals surface area contributed by atoms with Crippen LogP contribution in [-0.4, -0.2) is 43.1 Å². The largest absolute Gasteiger partial charge is 0.453 e. The van der Waals surface area contributed by atoms with Crippen molar-refractivity contribution >= 4 is 17.9 Å². The lowest BCUT2D eigenvalue weighted by atomic mass is 9.78. The van der Waals surface area contributed by atoms with E-state index in [1.807, 2.05) is 27.7 Å². The summed E-state index contributed by atoms with van der Waals surface area (Å²) < 4.78 is 4.54. The van der Waals surface area contributed by atoms with E-state index in [0.717, 1.165) is 12.8 Å². The van der Waals surface area contributed by atoms with E-state index < -0.39 is 12.1 Å². The standard InChI is InChI=1S/C15H27N3O4/c1-8(2)12(18-15(21)22-5)14(20)17-11-7-6-10(11)13(19)16-9(3)4/h8-12H,6-7H2,1-5H3,(H,16,19)(H,17,20)(H,18,21)/t10-,11-,12-/m0/s1. The molecular weight excluding hydrogens is 286 g/mol. The van der Waals surface area contributed by atoms with Gasteiger partial charge in [-0.25, -0.2) is 4.79 Å².